The van der Waals surface area contributed by atoms with Crippen LogP contribution in [0.1, 0.15) is 6.92 Å². The predicted molar refractivity (Wildman–Crippen MR) is 53.8 cm³/mol. The molecule has 0 saturated heterocycles. The summed E-state index contributed by atoms with van der Waals surface area (Å²) >= 11 is 0. The van der Waals surface area contributed by atoms with Crippen molar-refractivity contribution in [1.29, 1.82) is 0 Å². The van der Waals surface area contributed by atoms with Gasteiger partial charge in [-0.05, 0) is 0 Å². The molecule has 0 atom stereocenters. The zero-order chi connectivity index (χ0) is 8.10. The van der Waals surface area contributed by atoms with Gasteiger partial charge in [0.25, 0.3) is 0 Å². The number of rotatable bonds is 3. The Hall–Kier alpha value is -0.129. The van der Waals surface area contributed by atoms with Crippen molar-refractivity contribution < 1.29 is 0 Å². The molecule has 0 aromatic heterocycles. The first-order valence-corrected chi connectivity index (χ1v) is 8.93. The summed E-state index contributed by atoms with van der Waals surface area (Å²) in [4.78, 5) is 0. The molecule has 1 rings (SSSR count). The van der Waals surface area contributed by atoms with Gasteiger partial charge in [0, 0.05) is 18.3 Å². The van der Waals surface area contributed by atoms with E-state index in [9.17, 15) is 0 Å². The fourth-order valence-corrected chi connectivity index (χ4v) is 6.68. The monoisotopic (exact) mass is 190 g/mol. The van der Waals surface area contributed by atoms with Gasteiger partial charge in [0.2, 0.25) is 0 Å². The third kappa shape index (κ3) is 2.43. The lowest BCUT2D eigenvalue weighted by atomic mass is 10.4. The van der Waals surface area contributed by atoms with E-state index in [1.807, 2.05) is 0 Å². The summed E-state index contributed by atoms with van der Waals surface area (Å²) in [6, 6.07) is 12.1. The molecule has 3 heteroatoms. The highest BCUT2D eigenvalue weighted by Crippen LogP contribution is 1.91. The van der Waals surface area contributed by atoms with Gasteiger partial charge in [0.1, 0.15) is 0 Å². The molecular formula is C8H10Si3. The summed E-state index contributed by atoms with van der Waals surface area (Å²) in [5.74, 6) is 0. The second-order valence-electron chi connectivity index (χ2n) is 2.32. The number of hydrogen-bond acceptors (Lipinski definition) is 0. The summed E-state index contributed by atoms with van der Waals surface area (Å²) in [6.07, 6.45) is 0. The van der Waals surface area contributed by atoms with Crippen molar-refractivity contribution in [3.05, 3.63) is 30.3 Å². The maximum absolute atomic E-state index is 3.63. The molecule has 0 aliphatic rings. The highest BCUT2D eigenvalue weighted by molar-refractivity contribution is 7.35. The van der Waals surface area contributed by atoms with Crippen LogP contribution in [0.2, 0.25) is 6.04 Å². The van der Waals surface area contributed by atoms with Crippen molar-refractivity contribution in [3.63, 3.8) is 0 Å². The average molecular weight is 190 g/mol. The van der Waals surface area contributed by atoms with Crippen LogP contribution in [-0.2, 0) is 0 Å². The minimum absolute atomic E-state index is 0.260. The summed E-state index contributed by atoms with van der Waals surface area (Å²) in [5.41, 5.74) is 0. The van der Waals surface area contributed by atoms with Gasteiger partial charge in [-0.3, -0.25) is 0 Å². The van der Waals surface area contributed by atoms with Crippen molar-refractivity contribution in [2.45, 2.75) is 13.0 Å². The van der Waals surface area contributed by atoms with Crippen molar-refractivity contribution in [3.8, 4) is 0 Å². The summed E-state index contributed by atoms with van der Waals surface area (Å²) < 4.78 is 0. The fraction of sp³-hybridized carbons (Fsp3) is 0.250. The zero-order valence-electron chi connectivity index (χ0n) is 6.59. The van der Waals surface area contributed by atoms with Crippen LogP contribution in [0.15, 0.2) is 30.3 Å². The molecular weight excluding hydrogens is 180 g/mol. The Morgan fingerprint density at radius 3 is 2.45 bits per heavy atom. The normalized spacial score (nSPS) is 10.5. The third-order valence-corrected chi connectivity index (χ3v) is 9.21. The first-order valence-electron chi connectivity index (χ1n) is 3.72. The van der Waals surface area contributed by atoms with Crippen LogP contribution in [-0.4, -0.2) is 26.6 Å². The van der Waals surface area contributed by atoms with Gasteiger partial charge in [-0.1, -0.05) is 48.5 Å². The molecule has 6 radical (unpaired) electrons. The SMILES string of the molecule is CC[Si]([Si][Si])c1ccccc1. The predicted octanol–water partition coefficient (Wildman–Crippen LogP) is 0.693. The zero-order valence-corrected chi connectivity index (χ0v) is 9.59. The van der Waals surface area contributed by atoms with Gasteiger partial charge >= 0.3 is 0 Å². The third-order valence-electron chi connectivity index (χ3n) is 1.63. The van der Waals surface area contributed by atoms with E-state index in [-0.39, 0.29) is 8.31 Å². The van der Waals surface area contributed by atoms with Crippen LogP contribution in [0.4, 0.5) is 0 Å². The molecule has 0 heterocycles. The topological polar surface area (TPSA) is 0 Å². The van der Waals surface area contributed by atoms with Crippen molar-refractivity contribution in [2.24, 2.45) is 0 Å². The maximum atomic E-state index is 3.63. The lowest BCUT2D eigenvalue weighted by Gasteiger charge is -2.08. The number of benzene rings is 1. The van der Waals surface area contributed by atoms with E-state index in [1.54, 1.807) is 5.19 Å². The molecule has 1 aromatic carbocycles. The van der Waals surface area contributed by atoms with Crippen LogP contribution >= 0.6 is 0 Å². The van der Waals surface area contributed by atoms with E-state index in [0.29, 0.717) is 0 Å². The van der Waals surface area contributed by atoms with Crippen LogP contribution in [0, 0.1) is 0 Å². The largest absolute Gasteiger partial charge is 0.0679 e. The molecule has 0 fully saturated rings. The second-order valence-corrected chi connectivity index (χ2v) is 9.63. The first-order chi connectivity index (χ1) is 5.38. The molecule has 0 aliphatic carbocycles. The molecule has 0 spiro atoms. The van der Waals surface area contributed by atoms with Crippen molar-refractivity contribution in [1.82, 2.24) is 0 Å². The molecule has 0 amide bonds. The van der Waals surface area contributed by atoms with Gasteiger partial charge in [-0.15, -0.1) is 0 Å². The Kier molecular flexibility index (Phi) is 3.82. The summed E-state index contributed by atoms with van der Waals surface area (Å²) in [7, 11) is 4.31. The van der Waals surface area contributed by atoms with E-state index < -0.39 is 0 Å². The minimum atomic E-state index is -0.260. The minimum Gasteiger partial charge on any atom is -0.0679 e. The quantitative estimate of drug-likeness (QED) is 0.616. The fourth-order valence-electron chi connectivity index (χ4n) is 1.00. The Bertz CT molecular complexity index is 194. The summed E-state index contributed by atoms with van der Waals surface area (Å²) in [5, 5.41) is 1.55. The average Bonchev–Trinajstić information content (AvgIpc) is 2.09. The lowest BCUT2D eigenvalue weighted by molar-refractivity contribution is 1.45. The smallest absolute Gasteiger partial charge is 0.0673 e. The Labute approximate surface area is 75.5 Å². The lowest BCUT2D eigenvalue weighted by Crippen LogP contribution is -2.35. The molecule has 0 bridgehead atoms. The van der Waals surface area contributed by atoms with Gasteiger partial charge < -0.3 is 0 Å². The van der Waals surface area contributed by atoms with Crippen LogP contribution in [0.3, 0.4) is 0 Å². The number of hydrogen-bond donors (Lipinski definition) is 0. The molecule has 1 aromatic rings. The van der Waals surface area contributed by atoms with E-state index in [4.69, 9.17) is 0 Å². The molecule has 0 nitrogen and oxygen atoms in total. The van der Waals surface area contributed by atoms with Crippen molar-refractivity contribution in [2.75, 3.05) is 0 Å². The van der Waals surface area contributed by atoms with Crippen LogP contribution < -0.4 is 5.19 Å². The van der Waals surface area contributed by atoms with Crippen molar-refractivity contribution >= 4 is 31.8 Å². The molecule has 0 unspecified atom stereocenters. The van der Waals surface area contributed by atoms with Crippen LogP contribution in [0.25, 0.3) is 0 Å². The summed E-state index contributed by atoms with van der Waals surface area (Å²) in [6.45, 7) is 2.27. The Morgan fingerprint density at radius 2 is 2.00 bits per heavy atom. The molecule has 54 valence electrons. The molecule has 0 N–H and O–H groups in total. The van der Waals surface area contributed by atoms with Gasteiger partial charge in [-0.2, -0.15) is 0 Å². The van der Waals surface area contributed by atoms with Gasteiger partial charge in [-0.25, -0.2) is 0 Å². The Morgan fingerprint density at radius 1 is 1.36 bits per heavy atom. The van der Waals surface area contributed by atoms with E-state index in [0.717, 1.165) is 8.55 Å². The highest BCUT2D eigenvalue weighted by atomic mass is 29.5. The van der Waals surface area contributed by atoms with E-state index in [2.05, 4.69) is 47.0 Å². The molecule has 0 aliphatic heterocycles. The van der Waals surface area contributed by atoms with Gasteiger partial charge in [0.05, 0.1) is 8.31 Å². The standard InChI is InChI=1S/C8H10Si3/c1-2-11(10-9)8-6-4-3-5-7-8/h3-7H,2H2,1H3. The molecule has 11 heavy (non-hydrogen) atoms. The first kappa shape index (κ1) is 8.96. The maximum Gasteiger partial charge on any atom is 0.0673 e. The Balaban J connectivity index is 2.74. The highest BCUT2D eigenvalue weighted by Gasteiger charge is 2.07. The second kappa shape index (κ2) is 4.69. The van der Waals surface area contributed by atoms with E-state index in [1.165, 1.54) is 6.04 Å². The van der Waals surface area contributed by atoms with Gasteiger partial charge in [0.15, 0.2) is 0 Å². The molecule has 0 saturated carbocycles. The van der Waals surface area contributed by atoms with E-state index >= 15 is 0 Å². The van der Waals surface area contributed by atoms with Crippen LogP contribution in [0.5, 0.6) is 0 Å².